The smallest absolute Gasteiger partial charge is 0.383 e. The molecule has 3 aromatic carbocycles. The van der Waals surface area contributed by atoms with Crippen molar-refractivity contribution in [3.63, 3.8) is 0 Å². The Hall–Kier alpha value is -2.37. The third-order valence-corrected chi connectivity index (χ3v) is 5.42. The number of para-hydroxylation sites is 1. The van der Waals surface area contributed by atoms with Gasteiger partial charge in [0.25, 0.3) is 0 Å². The van der Waals surface area contributed by atoms with Gasteiger partial charge in [-0.3, -0.25) is 0 Å². The minimum atomic E-state index is 0. The van der Waals surface area contributed by atoms with Gasteiger partial charge in [0, 0.05) is 19.7 Å². The van der Waals surface area contributed by atoms with Crippen molar-refractivity contribution < 1.29 is 21.7 Å². The number of halogens is 1. The number of thioether (sulfide) groups is 1. The molecule has 0 aliphatic carbocycles. The fraction of sp³-hybridized carbons (Fsp3) is 0.130. The van der Waals surface area contributed by atoms with E-state index in [1.165, 1.54) is 22.4 Å². The topological polar surface area (TPSA) is 18.6 Å². The summed E-state index contributed by atoms with van der Waals surface area (Å²) >= 11 is 1.77. The van der Waals surface area contributed by atoms with Crippen LogP contribution in [0.4, 0.5) is 5.69 Å². The molecule has 0 unspecified atom stereocenters. The van der Waals surface area contributed by atoms with Gasteiger partial charge in [-0.1, -0.05) is 72.8 Å². The zero-order chi connectivity index (χ0) is 18.6. The molecule has 0 N–H and O–H groups in total. The van der Waals surface area contributed by atoms with Gasteiger partial charge in [0.15, 0.2) is 5.69 Å². The standard InChI is InChI=1S/C23H22N3S.BrH/c1-25(2)26-22(17-27-23(26)24-21-11-7-4-8-12-21)20-15-13-19(14-16-20)18-9-5-3-6-10-18;/h3-16H,17H2,1-2H3;1H/q+1;/p-1. The molecule has 1 aliphatic rings. The van der Waals surface area contributed by atoms with Gasteiger partial charge in [-0.2, -0.15) is 0 Å². The van der Waals surface area contributed by atoms with Crippen molar-refractivity contribution in [1.82, 2.24) is 5.01 Å². The van der Waals surface area contributed by atoms with Crippen molar-refractivity contribution in [3.05, 3.63) is 90.5 Å². The zero-order valence-electron chi connectivity index (χ0n) is 15.9. The van der Waals surface area contributed by atoms with Gasteiger partial charge >= 0.3 is 5.17 Å². The maximum absolute atomic E-state index is 4.84. The number of nitrogens with zero attached hydrogens (tertiary/aromatic N) is 3. The van der Waals surface area contributed by atoms with E-state index in [1.807, 2.05) is 36.4 Å². The van der Waals surface area contributed by atoms with Crippen molar-refractivity contribution in [1.29, 1.82) is 0 Å². The first-order chi connectivity index (χ1) is 13.2. The van der Waals surface area contributed by atoms with Gasteiger partial charge in [-0.25, -0.2) is 5.01 Å². The average molecular weight is 452 g/mol. The summed E-state index contributed by atoms with van der Waals surface area (Å²) in [5.74, 6) is 0.911. The molecule has 3 aromatic rings. The molecule has 0 fully saturated rings. The first-order valence-electron chi connectivity index (χ1n) is 8.98. The summed E-state index contributed by atoms with van der Waals surface area (Å²) in [6.07, 6.45) is 0. The van der Waals surface area contributed by atoms with Crippen molar-refractivity contribution in [2.45, 2.75) is 0 Å². The summed E-state index contributed by atoms with van der Waals surface area (Å²) in [5.41, 5.74) is 5.95. The Morgan fingerprint density at radius 3 is 1.89 bits per heavy atom. The maximum atomic E-state index is 4.84. The lowest BCUT2D eigenvalue weighted by Gasteiger charge is -2.13. The molecule has 0 saturated heterocycles. The fourth-order valence-corrected chi connectivity index (χ4v) is 4.29. The summed E-state index contributed by atoms with van der Waals surface area (Å²) in [6, 6.07) is 29.4. The number of rotatable bonds is 4. The second-order valence-electron chi connectivity index (χ2n) is 6.57. The van der Waals surface area contributed by atoms with E-state index in [-0.39, 0.29) is 17.0 Å². The van der Waals surface area contributed by atoms with E-state index in [2.05, 4.69) is 72.3 Å². The molecule has 0 aromatic heterocycles. The molecule has 0 bridgehead atoms. The number of aliphatic imine (C=N–C) groups is 1. The van der Waals surface area contributed by atoms with E-state index >= 15 is 0 Å². The average Bonchev–Trinajstić information content (AvgIpc) is 3.13. The molecule has 3 nitrogen and oxygen atoms in total. The molecule has 142 valence electrons. The zero-order valence-corrected chi connectivity index (χ0v) is 18.3. The highest BCUT2D eigenvalue weighted by molar-refractivity contribution is 8.14. The summed E-state index contributed by atoms with van der Waals surface area (Å²) in [5, 5.41) is 3.11. The Labute approximate surface area is 181 Å². The molecule has 1 heterocycles. The molecule has 0 saturated carbocycles. The lowest BCUT2D eigenvalue weighted by molar-refractivity contribution is -0.577. The first-order valence-corrected chi connectivity index (χ1v) is 9.96. The van der Waals surface area contributed by atoms with Crippen LogP contribution in [0.5, 0.6) is 0 Å². The van der Waals surface area contributed by atoms with E-state index in [0.29, 0.717) is 0 Å². The number of hydrogen-bond acceptors (Lipinski definition) is 3. The van der Waals surface area contributed by atoms with Gasteiger partial charge in [0.05, 0.1) is 5.75 Å². The number of benzene rings is 3. The molecule has 0 spiro atoms. The van der Waals surface area contributed by atoms with Crippen LogP contribution in [0.25, 0.3) is 11.1 Å². The van der Waals surface area contributed by atoms with Crippen molar-refractivity contribution in [3.8, 4) is 11.1 Å². The van der Waals surface area contributed by atoms with Gasteiger partial charge in [0.2, 0.25) is 0 Å². The van der Waals surface area contributed by atoms with Gasteiger partial charge in [0.1, 0.15) is 5.71 Å². The molecule has 5 heteroatoms. The van der Waals surface area contributed by atoms with E-state index < -0.39 is 0 Å². The molecule has 28 heavy (non-hydrogen) atoms. The van der Waals surface area contributed by atoms with Gasteiger partial charge in [-0.05, 0) is 40.0 Å². The van der Waals surface area contributed by atoms with E-state index in [9.17, 15) is 0 Å². The highest BCUT2D eigenvalue weighted by Crippen LogP contribution is 2.25. The summed E-state index contributed by atoms with van der Waals surface area (Å²) in [4.78, 5) is 4.84. The van der Waals surface area contributed by atoms with Crippen LogP contribution < -0.4 is 17.0 Å². The number of amidine groups is 1. The van der Waals surface area contributed by atoms with Gasteiger partial charge in [-0.15, -0.1) is 4.68 Å². The molecule has 0 atom stereocenters. The largest absolute Gasteiger partial charge is 1.00 e. The number of hydrazone groups is 1. The van der Waals surface area contributed by atoms with Crippen LogP contribution in [0.2, 0.25) is 0 Å². The van der Waals surface area contributed by atoms with E-state index in [1.54, 1.807) is 11.8 Å². The van der Waals surface area contributed by atoms with Crippen LogP contribution in [0.3, 0.4) is 0 Å². The minimum Gasteiger partial charge on any atom is -1.00 e. The van der Waals surface area contributed by atoms with Gasteiger partial charge < -0.3 is 17.0 Å². The first kappa shape index (κ1) is 20.4. The van der Waals surface area contributed by atoms with Crippen LogP contribution in [-0.4, -0.2) is 40.4 Å². The Balaban J connectivity index is 0.00000225. The van der Waals surface area contributed by atoms with E-state index in [0.717, 1.165) is 16.6 Å². The third-order valence-electron chi connectivity index (χ3n) is 4.48. The van der Waals surface area contributed by atoms with Crippen molar-refractivity contribution in [2.75, 3.05) is 19.8 Å². The predicted octanol–water partition coefficient (Wildman–Crippen LogP) is 2.07. The molecular weight excluding hydrogens is 430 g/mol. The van der Waals surface area contributed by atoms with Crippen molar-refractivity contribution in [2.24, 2.45) is 4.99 Å². The Kier molecular flexibility index (Phi) is 6.70. The van der Waals surface area contributed by atoms with E-state index in [4.69, 9.17) is 4.99 Å². The fourth-order valence-electron chi connectivity index (χ4n) is 3.17. The second kappa shape index (κ2) is 9.22. The number of hydrogen-bond donors (Lipinski definition) is 0. The molecule has 0 radical (unpaired) electrons. The highest BCUT2D eigenvalue weighted by Gasteiger charge is 2.32. The van der Waals surface area contributed by atoms with Crippen molar-refractivity contribution >= 4 is 28.3 Å². The lowest BCUT2D eigenvalue weighted by atomic mass is 10.0. The van der Waals surface area contributed by atoms with Crippen LogP contribution >= 0.6 is 11.8 Å². The Bertz CT molecular complexity index is 981. The van der Waals surface area contributed by atoms with Crippen LogP contribution in [-0.2, 0) is 0 Å². The Morgan fingerprint density at radius 1 is 0.750 bits per heavy atom. The normalized spacial score (nSPS) is 14.9. The predicted molar refractivity (Wildman–Crippen MR) is 116 cm³/mol. The number of hydrazine groups is 1. The third kappa shape index (κ3) is 4.37. The Morgan fingerprint density at radius 2 is 1.29 bits per heavy atom. The van der Waals surface area contributed by atoms with Crippen LogP contribution in [0.15, 0.2) is 89.9 Å². The SMILES string of the molecule is CN(C)[N+]1=C(c2ccc(-c3ccccc3)cc2)CSC1=Nc1ccccc1.[Br-]. The summed E-state index contributed by atoms with van der Waals surface area (Å²) < 4.78 is 2.20. The molecule has 4 rings (SSSR count). The molecule has 0 amide bonds. The summed E-state index contributed by atoms with van der Waals surface area (Å²) in [7, 11) is 4.12. The van der Waals surface area contributed by atoms with Crippen LogP contribution in [0, 0.1) is 0 Å². The molecular formula is C23H22BrN3S. The monoisotopic (exact) mass is 451 g/mol. The quantitative estimate of drug-likeness (QED) is 0.565. The highest BCUT2D eigenvalue weighted by atomic mass is 79.9. The van der Waals surface area contributed by atoms with Crippen LogP contribution in [0.1, 0.15) is 5.56 Å². The molecule has 1 aliphatic heterocycles. The maximum Gasteiger partial charge on any atom is 0.383 e. The minimum absolute atomic E-state index is 0. The second-order valence-corrected chi connectivity index (χ2v) is 7.51. The summed E-state index contributed by atoms with van der Waals surface area (Å²) in [6.45, 7) is 0. The lowest BCUT2D eigenvalue weighted by Crippen LogP contribution is -3.00.